The van der Waals surface area contributed by atoms with E-state index in [1.54, 1.807) is 12.1 Å². The maximum absolute atomic E-state index is 11.6. The van der Waals surface area contributed by atoms with Crippen LogP contribution in [0.3, 0.4) is 0 Å². The largest absolute Gasteiger partial charge is 0.519 e. The second-order valence-electron chi connectivity index (χ2n) is 4.64. The lowest BCUT2D eigenvalue weighted by Gasteiger charge is -2.08. The number of carbonyl (C=O) groups excluding carboxylic acids is 2. The Balaban J connectivity index is 0.000000413. The molecule has 0 aliphatic rings. The highest BCUT2D eigenvalue weighted by Gasteiger charge is 2.10. The smallest absolute Gasteiger partial charge is 0.438 e. The molecule has 2 aromatic rings. The first kappa shape index (κ1) is 19.0. The molecule has 0 atom stereocenters. The third kappa shape index (κ3) is 6.39. The quantitative estimate of drug-likeness (QED) is 0.604. The first-order valence-electron chi connectivity index (χ1n) is 7.10. The van der Waals surface area contributed by atoms with Gasteiger partial charge in [-0.3, -0.25) is 0 Å². The molecule has 0 aliphatic heterocycles. The van der Waals surface area contributed by atoms with Crippen molar-refractivity contribution in [3.8, 4) is 11.5 Å². The molecule has 0 fully saturated rings. The predicted octanol–water partition coefficient (Wildman–Crippen LogP) is 4.28. The Morgan fingerprint density at radius 3 is 1.33 bits per heavy atom. The van der Waals surface area contributed by atoms with Crippen LogP contribution in [-0.4, -0.2) is 26.5 Å². The monoisotopic (exact) mass is 332 g/mol. The second-order valence-corrected chi connectivity index (χ2v) is 4.64. The summed E-state index contributed by atoms with van der Waals surface area (Å²) in [6, 6.07) is 14.6. The van der Waals surface area contributed by atoms with Crippen molar-refractivity contribution in [1.29, 1.82) is 0 Å². The fourth-order valence-corrected chi connectivity index (χ4v) is 1.63. The highest BCUT2D eigenvalue weighted by Crippen LogP contribution is 2.20. The molecule has 2 aromatic carbocycles. The Kier molecular flexibility index (Phi) is 7.84. The number of hydrogen-bond donors (Lipinski definition) is 0. The summed E-state index contributed by atoms with van der Waals surface area (Å²) >= 11 is 0. The summed E-state index contributed by atoms with van der Waals surface area (Å²) in [5.74, 6) is 1.02. The Morgan fingerprint density at radius 1 is 0.667 bits per heavy atom. The van der Waals surface area contributed by atoms with Gasteiger partial charge in [0.05, 0.1) is 14.2 Å². The van der Waals surface area contributed by atoms with Crippen LogP contribution >= 0.6 is 0 Å². The van der Waals surface area contributed by atoms with Crippen LogP contribution in [0.2, 0.25) is 0 Å². The van der Waals surface area contributed by atoms with Crippen LogP contribution in [0.15, 0.2) is 48.5 Å². The predicted molar refractivity (Wildman–Crippen MR) is 88.4 cm³/mol. The van der Waals surface area contributed by atoms with E-state index in [0.717, 1.165) is 11.1 Å². The van der Waals surface area contributed by atoms with Gasteiger partial charge in [0.2, 0.25) is 0 Å². The van der Waals surface area contributed by atoms with Gasteiger partial charge in [-0.1, -0.05) is 36.4 Å². The summed E-state index contributed by atoms with van der Waals surface area (Å²) in [6.45, 7) is 3.74. The summed E-state index contributed by atoms with van der Waals surface area (Å²) < 4.78 is 18.4. The summed E-state index contributed by atoms with van der Waals surface area (Å²) in [5, 5.41) is 0. The topological polar surface area (TPSA) is 71.1 Å². The first-order valence-corrected chi connectivity index (χ1v) is 7.10. The number of aryl methyl sites for hydroxylation is 2. The van der Waals surface area contributed by atoms with E-state index in [1.165, 1.54) is 14.2 Å². The molecule has 0 amide bonds. The van der Waals surface area contributed by atoms with Crippen LogP contribution in [0.5, 0.6) is 11.5 Å². The summed E-state index contributed by atoms with van der Waals surface area (Å²) in [7, 11) is 2.51. The molecule has 0 aromatic heterocycles. The van der Waals surface area contributed by atoms with Crippen molar-refractivity contribution in [3.05, 3.63) is 59.7 Å². The number of para-hydroxylation sites is 2. The van der Waals surface area contributed by atoms with Crippen molar-refractivity contribution >= 4 is 12.3 Å². The van der Waals surface area contributed by atoms with Gasteiger partial charge in [0.25, 0.3) is 0 Å². The maximum atomic E-state index is 11.6. The van der Waals surface area contributed by atoms with Gasteiger partial charge in [0.15, 0.2) is 0 Å². The van der Waals surface area contributed by atoms with Crippen LogP contribution in [0.4, 0.5) is 9.59 Å². The van der Waals surface area contributed by atoms with Crippen LogP contribution in [0.25, 0.3) is 0 Å². The molecule has 0 saturated heterocycles. The fourth-order valence-electron chi connectivity index (χ4n) is 1.63. The minimum atomic E-state index is -0.724. The van der Waals surface area contributed by atoms with Crippen molar-refractivity contribution in [1.82, 2.24) is 0 Å². The number of hydrogen-bond acceptors (Lipinski definition) is 6. The van der Waals surface area contributed by atoms with Crippen LogP contribution in [0, 0.1) is 13.8 Å². The molecular formula is C18H20O6. The Labute approximate surface area is 140 Å². The average Bonchev–Trinajstić information content (AvgIpc) is 2.59. The molecule has 0 heterocycles. The van der Waals surface area contributed by atoms with Crippen molar-refractivity contribution in [3.63, 3.8) is 0 Å². The number of methoxy groups -OCH3 is 2. The van der Waals surface area contributed by atoms with E-state index < -0.39 is 12.3 Å². The lowest BCUT2D eigenvalue weighted by atomic mass is 10.2. The zero-order valence-electron chi connectivity index (χ0n) is 14.1. The minimum Gasteiger partial charge on any atom is -0.438 e. The highest BCUT2D eigenvalue weighted by molar-refractivity contribution is 5.68. The minimum absolute atomic E-state index is 0.510. The standard InChI is InChI=1S/C15H14O3.C3H6O3/c1-11-7-3-5-9-13(11)17-15(16)18-14-10-6-4-8-12(14)2;1-5-3(4)6-2/h3-10H,1-2H3;1-2H3. The molecular weight excluding hydrogens is 312 g/mol. The average molecular weight is 332 g/mol. The Morgan fingerprint density at radius 2 is 1.04 bits per heavy atom. The van der Waals surface area contributed by atoms with Crippen molar-refractivity contribution in [2.45, 2.75) is 13.8 Å². The lowest BCUT2D eigenvalue weighted by molar-refractivity contribution is 0.0924. The second kappa shape index (κ2) is 9.89. The molecule has 0 spiro atoms. The third-order valence-electron chi connectivity index (χ3n) is 2.91. The number of carbonyl (C=O) groups is 2. The Hall–Kier alpha value is -3.02. The molecule has 0 bridgehead atoms. The summed E-state index contributed by atoms with van der Waals surface area (Å²) in [5.41, 5.74) is 1.78. The number of rotatable bonds is 2. The first-order chi connectivity index (χ1) is 11.5. The van der Waals surface area contributed by atoms with Crippen molar-refractivity contribution in [2.75, 3.05) is 14.2 Å². The molecule has 128 valence electrons. The van der Waals surface area contributed by atoms with E-state index in [1.807, 2.05) is 50.2 Å². The Bertz CT molecular complexity index is 625. The zero-order valence-corrected chi connectivity index (χ0v) is 14.1. The van der Waals surface area contributed by atoms with Crippen LogP contribution in [0.1, 0.15) is 11.1 Å². The molecule has 24 heavy (non-hydrogen) atoms. The van der Waals surface area contributed by atoms with E-state index in [-0.39, 0.29) is 0 Å². The summed E-state index contributed by atoms with van der Waals surface area (Å²) in [4.78, 5) is 21.4. The van der Waals surface area contributed by atoms with Gasteiger partial charge in [-0.15, -0.1) is 0 Å². The van der Waals surface area contributed by atoms with Gasteiger partial charge in [-0.05, 0) is 37.1 Å². The molecule has 0 aliphatic carbocycles. The van der Waals surface area contributed by atoms with Gasteiger partial charge in [0, 0.05) is 0 Å². The maximum Gasteiger partial charge on any atom is 0.519 e. The molecule has 2 rings (SSSR count). The molecule has 0 N–H and O–H groups in total. The SMILES string of the molecule is COC(=O)OC.Cc1ccccc1OC(=O)Oc1ccccc1C. The molecule has 0 saturated carbocycles. The molecule has 0 unspecified atom stereocenters. The van der Waals surface area contributed by atoms with Crippen LogP contribution < -0.4 is 9.47 Å². The highest BCUT2D eigenvalue weighted by atomic mass is 16.7. The van der Waals surface area contributed by atoms with Crippen molar-refractivity contribution < 1.29 is 28.5 Å². The van der Waals surface area contributed by atoms with Gasteiger partial charge in [0.1, 0.15) is 11.5 Å². The lowest BCUT2D eigenvalue weighted by Crippen LogP contribution is -2.14. The van der Waals surface area contributed by atoms with E-state index in [2.05, 4.69) is 9.47 Å². The van der Waals surface area contributed by atoms with Gasteiger partial charge in [-0.25, -0.2) is 9.59 Å². The molecule has 0 radical (unpaired) electrons. The van der Waals surface area contributed by atoms with Gasteiger partial charge >= 0.3 is 12.3 Å². The van der Waals surface area contributed by atoms with Crippen LogP contribution in [-0.2, 0) is 9.47 Å². The number of benzene rings is 2. The third-order valence-corrected chi connectivity index (χ3v) is 2.91. The fraction of sp³-hybridized carbons (Fsp3) is 0.222. The molecule has 6 heteroatoms. The van der Waals surface area contributed by atoms with Gasteiger partial charge < -0.3 is 18.9 Å². The van der Waals surface area contributed by atoms with E-state index in [4.69, 9.17) is 9.47 Å². The van der Waals surface area contributed by atoms with E-state index >= 15 is 0 Å². The van der Waals surface area contributed by atoms with Gasteiger partial charge in [-0.2, -0.15) is 0 Å². The normalized spacial score (nSPS) is 9.17. The molecule has 6 nitrogen and oxygen atoms in total. The van der Waals surface area contributed by atoms with E-state index in [9.17, 15) is 9.59 Å². The summed E-state index contributed by atoms with van der Waals surface area (Å²) in [6.07, 6.45) is -1.38. The number of ether oxygens (including phenoxy) is 4. The van der Waals surface area contributed by atoms with E-state index in [0.29, 0.717) is 11.5 Å². The van der Waals surface area contributed by atoms with Crippen molar-refractivity contribution in [2.24, 2.45) is 0 Å². The zero-order chi connectivity index (χ0) is 17.9.